The molecule has 1 aromatic carbocycles. The molecule has 0 spiro atoms. The number of benzene rings is 1. The average molecular weight is 573 g/mol. The number of ether oxygens (including phenoxy) is 1. The number of guanidine groups is 1. The molecular formula is C19H27Cl2IN4O2S. The Bertz CT molecular complexity index is 776. The number of nitrogens with one attached hydrogen (secondary N) is 2. The van der Waals surface area contributed by atoms with Crippen LogP contribution in [0, 0.1) is 0 Å². The highest BCUT2D eigenvalue weighted by atomic mass is 127. The fourth-order valence-corrected chi connectivity index (χ4v) is 3.50. The van der Waals surface area contributed by atoms with Gasteiger partial charge in [-0.2, -0.15) is 0 Å². The molecule has 3 N–H and O–H groups in total. The van der Waals surface area contributed by atoms with E-state index in [9.17, 15) is 5.11 Å². The fraction of sp³-hybridized carbons (Fsp3) is 0.474. The molecule has 10 heteroatoms. The molecule has 1 atom stereocenters. The number of thiazole rings is 1. The van der Waals surface area contributed by atoms with Crippen LogP contribution in [0.5, 0.6) is 5.75 Å². The van der Waals surface area contributed by atoms with Gasteiger partial charge in [-0.15, -0.1) is 35.3 Å². The summed E-state index contributed by atoms with van der Waals surface area (Å²) in [4.78, 5) is 10.1. The molecule has 0 aliphatic heterocycles. The molecule has 0 saturated carbocycles. The monoisotopic (exact) mass is 572 g/mol. The Kier molecular flexibility index (Phi) is 12.9. The van der Waals surface area contributed by atoms with Crippen LogP contribution >= 0.6 is 58.5 Å². The zero-order valence-corrected chi connectivity index (χ0v) is 21.1. The molecule has 1 heterocycles. The van der Waals surface area contributed by atoms with Crippen molar-refractivity contribution in [2.24, 2.45) is 4.99 Å². The number of aryl methyl sites for hydroxylation is 1. The van der Waals surface area contributed by atoms with E-state index in [1.165, 1.54) is 4.88 Å². The van der Waals surface area contributed by atoms with Gasteiger partial charge in [0.05, 0.1) is 16.6 Å². The van der Waals surface area contributed by atoms with E-state index in [0.29, 0.717) is 28.3 Å². The topological polar surface area (TPSA) is 78.8 Å². The Balaban J connectivity index is 0.00000420. The molecule has 1 unspecified atom stereocenters. The minimum atomic E-state index is -0.767. The van der Waals surface area contributed by atoms with Gasteiger partial charge < -0.3 is 20.5 Å². The molecule has 2 rings (SSSR count). The van der Waals surface area contributed by atoms with Crippen molar-refractivity contribution in [1.29, 1.82) is 0 Å². The molecule has 0 amide bonds. The number of aliphatic hydroxyl groups is 1. The highest BCUT2D eigenvalue weighted by Crippen LogP contribution is 2.31. The van der Waals surface area contributed by atoms with Gasteiger partial charge in [0.1, 0.15) is 23.5 Å². The second-order valence-electron chi connectivity index (χ2n) is 5.99. The van der Waals surface area contributed by atoms with E-state index < -0.39 is 6.10 Å². The Morgan fingerprint density at radius 1 is 1.31 bits per heavy atom. The largest absolute Gasteiger partial charge is 0.489 e. The van der Waals surface area contributed by atoms with E-state index in [1.54, 1.807) is 29.5 Å². The number of aromatic nitrogens is 1. The molecule has 0 fully saturated rings. The van der Waals surface area contributed by atoms with E-state index >= 15 is 0 Å². The van der Waals surface area contributed by atoms with Crippen LogP contribution < -0.4 is 15.4 Å². The first-order valence-electron chi connectivity index (χ1n) is 9.24. The van der Waals surface area contributed by atoms with Gasteiger partial charge in [0.25, 0.3) is 0 Å². The van der Waals surface area contributed by atoms with Gasteiger partial charge in [0, 0.05) is 30.6 Å². The summed E-state index contributed by atoms with van der Waals surface area (Å²) >= 11 is 13.8. The van der Waals surface area contributed by atoms with E-state index in [4.69, 9.17) is 27.9 Å². The molecular weight excluding hydrogens is 546 g/mol. The second-order valence-corrected chi connectivity index (χ2v) is 7.97. The summed E-state index contributed by atoms with van der Waals surface area (Å²) in [5.41, 5.74) is 0. The maximum absolute atomic E-state index is 10.1. The number of rotatable bonds is 10. The van der Waals surface area contributed by atoms with Crippen molar-refractivity contribution in [2.45, 2.75) is 32.8 Å². The van der Waals surface area contributed by atoms with Crippen molar-refractivity contribution in [3.8, 4) is 5.75 Å². The first-order chi connectivity index (χ1) is 13.5. The predicted molar refractivity (Wildman–Crippen MR) is 133 cm³/mol. The minimum absolute atomic E-state index is 0. The maximum Gasteiger partial charge on any atom is 0.191 e. The molecule has 29 heavy (non-hydrogen) atoms. The van der Waals surface area contributed by atoms with Crippen LogP contribution in [0.4, 0.5) is 0 Å². The number of nitrogens with zero attached hydrogens (tertiary/aromatic N) is 2. The molecule has 0 aliphatic rings. The van der Waals surface area contributed by atoms with Crippen LogP contribution in [0.1, 0.15) is 23.7 Å². The van der Waals surface area contributed by atoms with Crippen LogP contribution in [-0.4, -0.2) is 48.4 Å². The molecule has 162 valence electrons. The molecule has 0 saturated heterocycles. The molecule has 1 aromatic heterocycles. The third-order valence-corrected chi connectivity index (χ3v) is 5.74. The summed E-state index contributed by atoms with van der Waals surface area (Å²) in [5, 5.41) is 18.4. The zero-order chi connectivity index (χ0) is 20.4. The number of hydrogen-bond acceptors (Lipinski definition) is 5. The van der Waals surface area contributed by atoms with Crippen LogP contribution in [0.15, 0.2) is 29.4 Å². The smallest absolute Gasteiger partial charge is 0.191 e. The van der Waals surface area contributed by atoms with Crippen LogP contribution in [0.3, 0.4) is 0 Å². The molecule has 2 aromatic rings. The fourth-order valence-electron chi connectivity index (χ4n) is 2.29. The van der Waals surface area contributed by atoms with E-state index in [-0.39, 0.29) is 37.1 Å². The number of aliphatic imine (C=N–C) groups is 1. The third kappa shape index (κ3) is 9.25. The highest BCUT2D eigenvalue weighted by Gasteiger charge is 2.10. The Morgan fingerprint density at radius 2 is 2.10 bits per heavy atom. The van der Waals surface area contributed by atoms with Gasteiger partial charge in [-0.05, 0) is 25.5 Å². The Hall–Kier alpha value is -0.810. The normalized spacial score (nSPS) is 12.2. The second kappa shape index (κ2) is 14.2. The van der Waals surface area contributed by atoms with E-state index in [0.717, 1.165) is 24.4 Å². The van der Waals surface area contributed by atoms with Crippen molar-refractivity contribution in [1.82, 2.24) is 15.6 Å². The molecule has 0 radical (unpaired) electrons. The molecule has 0 aliphatic carbocycles. The summed E-state index contributed by atoms with van der Waals surface area (Å²) < 4.78 is 5.54. The van der Waals surface area contributed by atoms with Crippen LogP contribution in [0.2, 0.25) is 10.0 Å². The zero-order valence-electron chi connectivity index (χ0n) is 16.5. The van der Waals surface area contributed by atoms with Gasteiger partial charge >= 0.3 is 0 Å². The van der Waals surface area contributed by atoms with Crippen molar-refractivity contribution >= 4 is 64.5 Å². The first-order valence-corrected chi connectivity index (χ1v) is 10.8. The summed E-state index contributed by atoms with van der Waals surface area (Å²) in [6.07, 6.45) is 3.00. The van der Waals surface area contributed by atoms with E-state index in [1.807, 2.05) is 13.1 Å². The molecule has 6 nitrogen and oxygen atoms in total. The lowest BCUT2D eigenvalue weighted by Crippen LogP contribution is -2.39. The Morgan fingerprint density at radius 3 is 2.79 bits per heavy atom. The standard InChI is InChI=1S/C19H26Cl2N4O2S.HI/c1-3-14-11-24-17(28-14)8-9-23-19(22-4-2)25-10-13(26)12-27-16-7-5-6-15(20)18(16)21;/h5-7,11,13,26H,3-4,8-10,12H2,1-2H3,(H2,22,23,25);1H. The van der Waals surface area contributed by atoms with Gasteiger partial charge in [0.2, 0.25) is 0 Å². The first kappa shape index (κ1) is 26.2. The average Bonchev–Trinajstić information content (AvgIpc) is 3.15. The summed E-state index contributed by atoms with van der Waals surface area (Å²) in [7, 11) is 0. The van der Waals surface area contributed by atoms with Crippen molar-refractivity contribution in [3.63, 3.8) is 0 Å². The molecule has 0 bridgehead atoms. The number of aliphatic hydroxyl groups excluding tert-OH is 1. The van der Waals surface area contributed by atoms with Gasteiger partial charge in [-0.3, -0.25) is 4.99 Å². The van der Waals surface area contributed by atoms with Gasteiger partial charge in [0.15, 0.2) is 5.96 Å². The lowest BCUT2D eigenvalue weighted by atomic mass is 10.3. The van der Waals surface area contributed by atoms with Crippen LogP contribution in [0.25, 0.3) is 0 Å². The SMILES string of the molecule is CCNC(=NCC(O)COc1cccc(Cl)c1Cl)NCCc1ncc(CC)s1.I. The van der Waals surface area contributed by atoms with Gasteiger partial charge in [-0.1, -0.05) is 36.2 Å². The number of hydrogen-bond donors (Lipinski definition) is 3. The highest BCUT2D eigenvalue weighted by molar-refractivity contribution is 14.0. The quantitative estimate of drug-likeness (QED) is 0.226. The van der Waals surface area contributed by atoms with Crippen molar-refractivity contribution < 1.29 is 9.84 Å². The Labute approximate surface area is 203 Å². The van der Waals surface area contributed by atoms with Crippen molar-refractivity contribution in [3.05, 3.63) is 44.3 Å². The van der Waals surface area contributed by atoms with E-state index in [2.05, 4.69) is 27.5 Å². The third-order valence-electron chi connectivity index (χ3n) is 3.73. The lowest BCUT2D eigenvalue weighted by Gasteiger charge is -2.14. The minimum Gasteiger partial charge on any atom is -0.489 e. The van der Waals surface area contributed by atoms with Crippen molar-refractivity contribution in [2.75, 3.05) is 26.2 Å². The summed E-state index contributed by atoms with van der Waals surface area (Å²) in [6, 6.07) is 5.13. The van der Waals surface area contributed by atoms with Gasteiger partial charge in [-0.25, -0.2) is 4.98 Å². The summed E-state index contributed by atoms with van der Waals surface area (Å²) in [6.45, 7) is 5.83. The lowest BCUT2D eigenvalue weighted by molar-refractivity contribution is 0.114. The predicted octanol–water partition coefficient (Wildman–Crippen LogP) is 4.17. The maximum atomic E-state index is 10.1. The number of halogens is 3. The summed E-state index contributed by atoms with van der Waals surface area (Å²) in [5.74, 6) is 1.09. The van der Waals surface area contributed by atoms with Crippen LogP contribution in [-0.2, 0) is 12.8 Å².